The number of likely N-dealkylation sites (tertiary alicyclic amines) is 1. The molecule has 21 heavy (non-hydrogen) atoms. The number of carbonyl (C=O) groups is 1. The summed E-state index contributed by atoms with van der Waals surface area (Å²) in [6.07, 6.45) is 3.96. The van der Waals surface area contributed by atoms with Gasteiger partial charge in [-0.1, -0.05) is 25.5 Å². The van der Waals surface area contributed by atoms with Gasteiger partial charge in [-0.05, 0) is 37.0 Å². The van der Waals surface area contributed by atoms with E-state index in [1.807, 2.05) is 17.0 Å². The highest BCUT2D eigenvalue weighted by Gasteiger charge is 2.33. The molecule has 2 unspecified atom stereocenters. The maximum absolute atomic E-state index is 12.7. The average Bonchev–Trinajstić information content (AvgIpc) is 3.01. The van der Waals surface area contributed by atoms with Crippen molar-refractivity contribution in [2.24, 2.45) is 11.7 Å². The van der Waals surface area contributed by atoms with E-state index in [-0.39, 0.29) is 17.9 Å². The molecular weight excluding hydrogens is 264 g/mol. The highest BCUT2D eigenvalue weighted by molar-refractivity contribution is 5.79. The van der Waals surface area contributed by atoms with Crippen LogP contribution in [0.15, 0.2) is 24.3 Å². The third-order valence-corrected chi connectivity index (χ3v) is 4.31. The Morgan fingerprint density at radius 3 is 2.71 bits per heavy atom. The van der Waals surface area contributed by atoms with Crippen LogP contribution in [-0.2, 0) is 4.79 Å². The second-order valence-electron chi connectivity index (χ2n) is 5.68. The molecule has 4 heteroatoms. The number of nitrogens with zero attached hydrogens (tertiary/aromatic N) is 1. The Morgan fingerprint density at radius 1 is 1.43 bits per heavy atom. The van der Waals surface area contributed by atoms with Gasteiger partial charge in [0.25, 0.3) is 0 Å². The number of methoxy groups -OCH3 is 1. The van der Waals surface area contributed by atoms with E-state index in [2.05, 4.69) is 19.1 Å². The molecule has 116 valence electrons. The van der Waals surface area contributed by atoms with Crippen LogP contribution in [-0.4, -0.2) is 31.0 Å². The van der Waals surface area contributed by atoms with Gasteiger partial charge in [0.2, 0.25) is 5.91 Å². The van der Waals surface area contributed by atoms with Crippen LogP contribution in [0.1, 0.15) is 44.2 Å². The number of amides is 1. The number of ether oxygens (including phenoxy) is 1. The summed E-state index contributed by atoms with van der Waals surface area (Å²) >= 11 is 0. The van der Waals surface area contributed by atoms with Crippen molar-refractivity contribution in [1.29, 1.82) is 0 Å². The average molecular weight is 290 g/mol. The summed E-state index contributed by atoms with van der Waals surface area (Å²) in [6, 6.07) is 8.24. The number of nitrogens with two attached hydrogens (primary N) is 1. The van der Waals surface area contributed by atoms with E-state index in [9.17, 15) is 4.79 Å². The molecule has 0 bridgehead atoms. The van der Waals surface area contributed by atoms with Crippen LogP contribution in [0.4, 0.5) is 0 Å². The highest BCUT2D eigenvalue weighted by Crippen LogP contribution is 2.34. The van der Waals surface area contributed by atoms with Crippen LogP contribution in [0.5, 0.6) is 5.75 Å². The van der Waals surface area contributed by atoms with Crippen LogP contribution >= 0.6 is 0 Å². The lowest BCUT2D eigenvalue weighted by Crippen LogP contribution is -2.38. The van der Waals surface area contributed by atoms with Gasteiger partial charge in [0, 0.05) is 13.1 Å². The predicted molar refractivity (Wildman–Crippen MR) is 84.1 cm³/mol. The van der Waals surface area contributed by atoms with Crippen molar-refractivity contribution < 1.29 is 9.53 Å². The first-order valence-corrected chi connectivity index (χ1v) is 7.85. The fraction of sp³-hybridized carbons (Fsp3) is 0.588. The lowest BCUT2D eigenvalue weighted by Gasteiger charge is -2.28. The Morgan fingerprint density at radius 2 is 2.14 bits per heavy atom. The van der Waals surface area contributed by atoms with E-state index < -0.39 is 0 Å². The lowest BCUT2D eigenvalue weighted by molar-refractivity contribution is -0.136. The van der Waals surface area contributed by atoms with E-state index in [0.717, 1.165) is 38.0 Å². The fourth-order valence-corrected chi connectivity index (χ4v) is 3.13. The fourth-order valence-electron chi connectivity index (χ4n) is 3.13. The molecular formula is C17H26N2O2. The van der Waals surface area contributed by atoms with E-state index in [0.29, 0.717) is 6.54 Å². The SMILES string of the molecule is CCCC(CN)C(=O)N1CCCC1c1ccc(OC)cc1. The first-order chi connectivity index (χ1) is 10.2. The molecule has 1 amide bonds. The minimum Gasteiger partial charge on any atom is -0.497 e. The maximum atomic E-state index is 12.7. The van der Waals surface area contributed by atoms with Crippen LogP contribution in [0.3, 0.4) is 0 Å². The highest BCUT2D eigenvalue weighted by atomic mass is 16.5. The van der Waals surface area contributed by atoms with Gasteiger partial charge < -0.3 is 15.4 Å². The Balaban J connectivity index is 2.13. The maximum Gasteiger partial charge on any atom is 0.227 e. The van der Waals surface area contributed by atoms with Crippen LogP contribution in [0.2, 0.25) is 0 Å². The third-order valence-electron chi connectivity index (χ3n) is 4.31. The Bertz CT molecular complexity index is 458. The molecule has 2 rings (SSSR count). The van der Waals surface area contributed by atoms with E-state index in [1.54, 1.807) is 7.11 Å². The summed E-state index contributed by atoms with van der Waals surface area (Å²) in [5.74, 6) is 1.03. The molecule has 2 atom stereocenters. The van der Waals surface area contributed by atoms with Crippen LogP contribution < -0.4 is 10.5 Å². The van der Waals surface area contributed by atoms with Crippen molar-refractivity contribution in [3.05, 3.63) is 29.8 Å². The molecule has 0 radical (unpaired) electrons. The van der Waals surface area contributed by atoms with Gasteiger partial charge in [0.05, 0.1) is 19.1 Å². The number of carbonyl (C=O) groups excluding carboxylic acids is 1. The van der Waals surface area contributed by atoms with E-state index >= 15 is 0 Å². The Kier molecular flexibility index (Phi) is 5.62. The molecule has 4 nitrogen and oxygen atoms in total. The second-order valence-corrected chi connectivity index (χ2v) is 5.68. The molecule has 0 spiro atoms. The minimum absolute atomic E-state index is 0.0335. The van der Waals surface area contributed by atoms with Gasteiger partial charge in [-0.2, -0.15) is 0 Å². The van der Waals surface area contributed by atoms with Crippen molar-refractivity contribution in [1.82, 2.24) is 4.90 Å². The van der Waals surface area contributed by atoms with Crippen LogP contribution in [0.25, 0.3) is 0 Å². The summed E-state index contributed by atoms with van der Waals surface area (Å²) in [4.78, 5) is 14.7. The number of benzene rings is 1. The predicted octanol–water partition coefficient (Wildman–Crippen LogP) is 2.73. The third kappa shape index (κ3) is 3.56. The van der Waals surface area contributed by atoms with Gasteiger partial charge in [-0.25, -0.2) is 0 Å². The van der Waals surface area contributed by atoms with E-state index in [1.165, 1.54) is 5.56 Å². The van der Waals surface area contributed by atoms with E-state index in [4.69, 9.17) is 10.5 Å². The molecule has 1 fully saturated rings. The molecule has 0 aromatic heterocycles. The Labute approximate surface area is 127 Å². The normalized spacial score (nSPS) is 19.6. The first-order valence-electron chi connectivity index (χ1n) is 7.85. The zero-order valence-corrected chi connectivity index (χ0v) is 13.0. The standard InChI is InChI=1S/C17H26N2O2/c1-3-5-14(12-18)17(20)19-11-4-6-16(19)13-7-9-15(21-2)10-8-13/h7-10,14,16H,3-6,11-12,18H2,1-2H3. The summed E-state index contributed by atoms with van der Waals surface area (Å²) < 4.78 is 5.20. The summed E-state index contributed by atoms with van der Waals surface area (Å²) in [5, 5.41) is 0. The van der Waals surface area contributed by atoms with Gasteiger partial charge in [0.1, 0.15) is 5.75 Å². The monoisotopic (exact) mass is 290 g/mol. The molecule has 0 aliphatic carbocycles. The smallest absolute Gasteiger partial charge is 0.227 e. The summed E-state index contributed by atoms with van der Waals surface area (Å²) in [7, 11) is 1.66. The van der Waals surface area contributed by atoms with Crippen molar-refractivity contribution in [3.8, 4) is 5.75 Å². The zero-order valence-electron chi connectivity index (χ0n) is 13.0. The lowest BCUT2D eigenvalue weighted by atomic mass is 9.99. The van der Waals surface area contributed by atoms with Crippen molar-refractivity contribution >= 4 is 5.91 Å². The summed E-state index contributed by atoms with van der Waals surface area (Å²) in [6.45, 7) is 3.38. The van der Waals surface area contributed by atoms with Crippen molar-refractivity contribution in [2.45, 2.75) is 38.6 Å². The number of rotatable bonds is 6. The van der Waals surface area contributed by atoms with Crippen LogP contribution in [0, 0.1) is 5.92 Å². The zero-order chi connectivity index (χ0) is 15.2. The van der Waals surface area contributed by atoms with Crippen molar-refractivity contribution in [3.63, 3.8) is 0 Å². The molecule has 1 aliphatic rings. The quantitative estimate of drug-likeness (QED) is 0.876. The molecule has 1 saturated heterocycles. The molecule has 2 N–H and O–H groups in total. The molecule has 1 heterocycles. The van der Waals surface area contributed by atoms with Gasteiger partial charge >= 0.3 is 0 Å². The summed E-state index contributed by atoms with van der Waals surface area (Å²) in [5.41, 5.74) is 6.97. The molecule has 0 saturated carbocycles. The minimum atomic E-state index is -0.0335. The van der Waals surface area contributed by atoms with Gasteiger partial charge in [0.15, 0.2) is 0 Å². The second kappa shape index (κ2) is 7.46. The topological polar surface area (TPSA) is 55.6 Å². The number of hydrogen-bond acceptors (Lipinski definition) is 3. The van der Waals surface area contributed by atoms with Gasteiger partial charge in [-0.15, -0.1) is 0 Å². The Hall–Kier alpha value is -1.55. The molecule has 1 aliphatic heterocycles. The number of hydrogen-bond donors (Lipinski definition) is 1. The largest absolute Gasteiger partial charge is 0.497 e. The van der Waals surface area contributed by atoms with Crippen molar-refractivity contribution in [2.75, 3.05) is 20.2 Å². The molecule has 1 aromatic rings. The van der Waals surface area contributed by atoms with Gasteiger partial charge in [-0.3, -0.25) is 4.79 Å². The molecule has 1 aromatic carbocycles. The first kappa shape index (κ1) is 15.8.